The molecule has 0 amide bonds. The SMILES string of the molecule is CCn1c(C)c(C(Nc2ccccc2OC)c2ccc(N(C)C)cc2)c2ccccc21. The Kier molecular flexibility index (Phi) is 5.90. The summed E-state index contributed by atoms with van der Waals surface area (Å²) in [4.78, 5) is 2.13. The summed E-state index contributed by atoms with van der Waals surface area (Å²) in [6.45, 7) is 5.37. The zero-order valence-electron chi connectivity index (χ0n) is 19.0. The number of fused-ring (bicyclic) bond motifs is 1. The maximum atomic E-state index is 5.64. The molecule has 3 aromatic carbocycles. The van der Waals surface area contributed by atoms with Crippen LogP contribution in [0.5, 0.6) is 5.75 Å². The van der Waals surface area contributed by atoms with Crippen molar-refractivity contribution in [2.24, 2.45) is 0 Å². The summed E-state index contributed by atoms with van der Waals surface area (Å²) in [6.07, 6.45) is 0. The summed E-state index contributed by atoms with van der Waals surface area (Å²) in [5.41, 5.74) is 7.26. The molecule has 4 rings (SSSR count). The minimum Gasteiger partial charge on any atom is -0.495 e. The van der Waals surface area contributed by atoms with Gasteiger partial charge in [-0.05, 0) is 49.7 Å². The number of hydrogen-bond acceptors (Lipinski definition) is 3. The van der Waals surface area contributed by atoms with Crippen molar-refractivity contribution in [3.63, 3.8) is 0 Å². The van der Waals surface area contributed by atoms with E-state index in [9.17, 15) is 0 Å². The first-order valence-electron chi connectivity index (χ1n) is 10.8. The van der Waals surface area contributed by atoms with Crippen molar-refractivity contribution in [2.75, 3.05) is 31.4 Å². The smallest absolute Gasteiger partial charge is 0.141 e. The van der Waals surface area contributed by atoms with Crippen LogP contribution in [0, 0.1) is 6.92 Å². The lowest BCUT2D eigenvalue weighted by Gasteiger charge is -2.24. The minimum atomic E-state index is -0.00906. The van der Waals surface area contributed by atoms with E-state index in [0.717, 1.165) is 18.0 Å². The van der Waals surface area contributed by atoms with Gasteiger partial charge in [0.05, 0.1) is 18.8 Å². The zero-order valence-corrected chi connectivity index (χ0v) is 19.0. The molecule has 4 heteroatoms. The molecular weight excluding hydrogens is 382 g/mol. The van der Waals surface area contributed by atoms with Crippen LogP contribution >= 0.6 is 0 Å². The lowest BCUT2D eigenvalue weighted by Crippen LogP contribution is -2.15. The van der Waals surface area contributed by atoms with Gasteiger partial charge in [-0.1, -0.05) is 42.5 Å². The Balaban J connectivity index is 1.91. The number of hydrogen-bond donors (Lipinski definition) is 1. The Morgan fingerprint density at radius 1 is 0.935 bits per heavy atom. The van der Waals surface area contributed by atoms with Crippen molar-refractivity contribution in [2.45, 2.75) is 26.4 Å². The maximum absolute atomic E-state index is 5.64. The second-order valence-electron chi connectivity index (χ2n) is 8.02. The van der Waals surface area contributed by atoms with E-state index in [1.54, 1.807) is 7.11 Å². The normalized spacial score (nSPS) is 12.0. The third-order valence-electron chi connectivity index (χ3n) is 6.03. The molecule has 160 valence electrons. The number of aryl methyl sites for hydroxylation is 1. The highest BCUT2D eigenvalue weighted by atomic mass is 16.5. The van der Waals surface area contributed by atoms with Gasteiger partial charge in [0.2, 0.25) is 0 Å². The largest absolute Gasteiger partial charge is 0.495 e. The fraction of sp³-hybridized carbons (Fsp3) is 0.259. The van der Waals surface area contributed by atoms with Crippen LogP contribution in [-0.4, -0.2) is 25.8 Å². The number of rotatable bonds is 7. The molecule has 0 bridgehead atoms. The van der Waals surface area contributed by atoms with E-state index < -0.39 is 0 Å². The van der Waals surface area contributed by atoms with E-state index in [2.05, 4.69) is 97.3 Å². The fourth-order valence-corrected chi connectivity index (χ4v) is 4.44. The van der Waals surface area contributed by atoms with Crippen LogP contribution < -0.4 is 15.0 Å². The van der Waals surface area contributed by atoms with Gasteiger partial charge >= 0.3 is 0 Å². The molecule has 1 N–H and O–H groups in total. The number of nitrogens with zero attached hydrogens (tertiary/aromatic N) is 2. The number of methoxy groups -OCH3 is 1. The molecule has 31 heavy (non-hydrogen) atoms. The predicted octanol–water partition coefficient (Wildman–Crippen LogP) is 6.25. The summed E-state index contributed by atoms with van der Waals surface area (Å²) in [7, 11) is 5.85. The summed E-state index contributed by atoms with van der Waals surface area (Å²) in [5, 5.41) is 5.08. The van der Waals surface area contributed by atoms with Gasteiger partial charge in [-0.3, -0.25) is 0 Å². The Labute approximate surface area is 185 Å². The van der Waals surface area contributed by atoms with Gasteiger partial charge in [0.25, 0.3) is 0 Å². The molecule has 1 heterocycles. The molecule has 1 unspecified atom stereocenters. The van der Waals surface area contributed by atoms with Crippen LogP contribution in [-0.2, 0) is 6.54 Å². The molecule has 0 fully saturated rings. The number of anilines is 2. The molecule has 0 radical (unpaired) electrons. The van der Waals surface area contributed by atoms with Crippen LogP contribution in [0.3, 0.4) is 0 Å². The number of para-hydroxylation sites is 3. The van der Waals surface area contributed by atoms with Crippen molar-refractivity contribution in [1.82, 2.24) is 4.57 Å². The predicted molar refractivity (Wildman–Crippen MR) is 132 cm³/mol. The van der Waals surface area contributed by atoms with Crippen LogP contribution in [0.2, 0.25) is 0 Å². The average Bonchev–Trinajstić information content (AvgIpc) is 3.08. The van der Waals surface area contributed by atoms with E-state index in [4.69, 9.17) is 4.74 Å². The van der Waals surface area contributed by atoms with Crippen LogP contribution in [0.25, 0.3) is 10.9 Å². The van der Waals surface area contributed by atoms with Crippen molar-refractivity contribution < 1.29 is 4.74 Å². The fourth-order valence-electron chi connectivity index (χ4n) is 4.44. The van der Waals surface area contributed by atoms with Gasteiger partial charge in [0.1, 0.15) is 5.75 Å². The number of benzene rings is 3. The molecule has 4 aromatic rings. The topological polar surface area (TPSA) is 29.4 Å². The molecule has 4 nitrogen and oxygen atoms in total. The zero-order chi connectivity index (χ0) is 22.0. The first kappa shape index (κ1) is 20.9. The Morgan fingerprint density at radius 3 is 2.29 bits per heavy atom. The highest BCUT2D eigenvalue weighted by molar-refractivity contribution is 5.87. The van der Waals surface area contributed by atoms with Crippen molar-refractivity contribution in [1.29, 1.82) is 0 Å². The van der Waals surface area contributed by atoms with Crippen LogP contribution in [0.15, 0.2) is 72.8 Å². The number of aromatic nitrogens is 1. The van der Waals surface area contributed by atoms with Crippen LogP contribution in [0.4, 0.5) is 11.4 Å². The second kappa shape index (κ2) is 8.76. The lowest BCUT2D eigenvalue weighted by atomic mass is 9.95. The van der Waals surface area contributed by atoms with Crippen molar-refractivity contribution >= 4 is 22.3 Å². The van der Waals surface area contributed by atoms with Crippen molar-refractivity contribution in [3.05, 3.63) is 89.6 Å². The van der Waals surface area contributed by atoms with E-state index in [-0.39, 0.29) is 6.04 Å². The summed E-state index contributed by atoms with van der Waals surface area (Å²) in [6, 6.07) is 25.6. The minimum absolute atomic E-state index is 0.00906. The average molecular weight is 414 g/mol. The Morgan fingerprint density at radius 2 is 1.61 bits per heavy atom. The third-order valence-corrected chi connectivity index (χ3v) is 6.03. The van der Waals surface area contributed by atoms with E-state index >= 15 is 0 Å². The van der Waals surface area contributed by atoms with Crippen molar-refractivity contribution in [3.8, 4) is 5.75 Å². The molecule has 1 aromatic heterocycles. The van der Waals surface area contributed by atoms with Gasteiger partial charge in [0.15, 0.2) is 0 Å². The molecule has 0 spiro atoms. The first-order valence-corrected chi connectivity index (χ1v) is 10.8. The molecule has 0 aliphatic carbocycles. The molecule has 1 atom stereocenters. The van der Waals surface area contributed by atoms with E-state index in [0.29, 0.717) is 0 Å². The summed E-state index contributed by atoms with van der Waals surface area (Å²) >= 11 is 0. The van der Waals surface area contributed by atoms with Gasteiger partial charge in [-0.15, -0.1) is 0 Å². The summed E-state index contributed by atoms with van der Waals surface area (Å²) in [5.74, 6) is 0.842. The highest BCUT2D eigenvalue weighted by Crippen LogP contribution is 2.38. The molecule has 0 aliphatic heterocycles. The van der Waals surface area contributed by atoms with Gasteiger partial charge in [0, 0.05) is 48.5 Å². The highest BCUT2D eigenvalue weighted by Gasteiger charge is 2.24. The monoisotopic (exact) mass is 413 g/mol. The van der Waals surface area contributed by atoms with Crippen LogP contribution in [0.1, 0.15) is 29.8 Å². The molecular formula is C27H31N3O. The molecule has 0 saturated carbocycles. The van der Waals surface area contributed by atoms with Gasteiger partial charge in [-0.25, -0.2) is 0 Å². The third kappa shape index (κ3) is 3.86. The molecule has 0 saturated heterocycles. The number of ether oxygens (including phenoxy) is 1. The van der Waals surface area contributed by atoms with Gasteiger partial charge < -0.3 is 19.5 Å². The Hall–Kier alpha value is -3.40. The number of nitrogens with one attached hydrogen (secondary N) is 1. The van der Waals surface area contributed by atoms with E-state index in [1.165, 1.54) is 33.4 Å². The molecule has 0 aliphatic rings. The lowest BCUT2D eigenvalue weighted by molar-refractivity contribution is 0.416. The quantitative estimate of drug-likeness (QED) is 0.388. The first-order chi connectivity index (χ1) is 15.0. The second-order valence-corrected chi connectivity index (χ2v) is 8.02. The Bertz CT molecular complexity index is 1180. The standard InChI is InChI=1S/C27H31N3O/c1-6-30-19(2)26(22-11-7-9-13-24(22)30)27(20-15-17-21(18-16-20)29(3)4)28-23-12-8-10-14-25(23)31-5/h7-18,27-28H,6H2,1-5H3. The van der Waals surface area contributed by atoms with Gasteiger partial charge in [-0.2, -0.15) is 0 Å². The summed E-state index contributed by atoms with van der Waals surface area (Å²) < 4.78 is 8.04. The van der Waals surface area contributed by atoms with E-state index in [1.807, 2.05) is 18.2 Å². The maximum Gasteiger partial charge on any atom is 0.141 e.